The topological polar surface area (TPSA) is 94.3 Å². The predicted octanol–water partition coefficient (Wildman–Crippen LogP) is 0.720. The van der Waals surface area contributed by atoms with E-state index in [0.717, 1.165) is 37.2 Å². The molecule has 0 saturated carbocycles. The zero-order valence-corrected chi connectivity index (χ0v) is 11.1. The molecule has 1 fully saturated rings. The van der Waals surface area contributed by atoms with Gasteiger partial charge in [0.15, 0.2) is 15.7 Å². The van der Waals surface area contributed by atoms with Crippen molar-refractivity contribution in [3.8, 4) is 0 Å². The van der Waals surface area contributed by atoms with Crippen molar-refractivity contribution in [3.63, 3.8) is 0 Å². The molecule has 1 atom stereocenters. The maximum Gasteiger partial charge on any atom is 0.182 e. The number of ether oxygens (including phenoxy) is 1. The van der Waals surface area contributed by atoms with Crippen LogP contribution in [0.4, 0.5) is 10.8 Å². The number of hydrogen-bond donors (Lipinski definition) is 2. The molecule has 0 radical (unpaired) electrons. The Morgan fingerprint density at radius 3 is 3.00 bits per heavy atom. The summed E-state index contributed by atoms with van der Waals surface area (Å²) in [5.74, 6) is 0.0624. The molecule has 6 nitrogen and oxygen atoms in total. The molecule has 17 heavy (non-hydrogen) atoms. The van der Waals surface area contributed by atoms with Crippen molar-refractivity contribution in [1.82, 2.24) is 4.37 Å². The van der Waals surface area contributed by atoms with E-state index in [1.165, 1.54) is 0 Å². The predicted molar refractivity (Wildman–Crippen MR) is 67.1 cm³/mol. The molecule has 8 heteroatoms. The highest BCUT2D eigenvalue weighted by molar-refractivity contribution is 7.91. The van der Waals surface area contributed by atoms with E-state index in [1.807, 2.05) is 0 Å². The van der Waals surface area contributed by atoms with Crippen molar-refractivity contribution in [1.29, 1.82) is 0 Å². The number of rotatable bonds is 4. The van der Waals surface area contributed by atoms with Crippen LogP contribution >= 0.6 is 11.5 Å². The minimum atomic E-state index is -3.35. The number of sulfone groups is 1. The number of anilines is 2. The van der Waals surface area contributed by atoms with Gasteiger partial charge in [-0.05, 0) is 24.4 Å². The van der Waals surface area contributed by atoms with Crippen molar-refractivity contribution in [2.45, 2.75) is 23.8 Å². The van der Waals surface area contributed by atoms with E-state index >= 15 is 0 Å². The highest BCUT2D eigenvalue weighted by atomic mass is 32.2. The molecule has 3 N–H and O–H groups in total. The van der Waals surface area contributed by atoms with Crippen LogP contribution < -0.4 is 11.1 Å². The van der Waals surface area contributed by atoms with E-state index in [1.54, 1.807) is 0 Å². The van der Waals surface area contributed by atoms with Gasteiger partial charge in [0, 0.05) is 19.4 Å². The van der Waals surface area contributed by atoms with Crippen molar-refractivity contribution >= 4 is 32.2 Å². The van der Waals surface area contributed by atoms with Gasteiger partial charge in [-0.15, -0.1) is 0 Å². The van der Waals surface area contributed by atoms with Crippen LogP contribution in [0, 0.1) is 0 Å². The number of hydrogen-bond acceptors (Lipinski definition) is 7. The van der Waals surface area contributed by atoms with E-state index in [-0.39, 0.29) is 16.8 Å². The molecule has 2 rings (SSSR count). The monoisotopic (exact) mass is 277 g/mol. The van der Waals surface area contributed by atoms with Crippen LogP contribution in [0.3, 0.4) is 0 Å². The fourth-order valence-electron chi connectivity index (χ4n) is 1.78. The first-order valence-corrected chi connectivity index (χ1v) is 7.95. The lowest BCUT2D eigenvalue weighted by molar-refractivity contribution is 0.120. The molecule has 2 heterocycles. The molecule has 1 aromatic heterocycles. The summed E-state index contributed by atoms with van der Waals surface area (Å²) in [6.45, 7) is 1.36. The smallest absolute Gasteiger partial charge is 0.182 e. The average molecular weight is 277 g/mol. The Bertz CT molecular complexity index is 492. The molecule has 0 bridgehead atoms. The van der Waals surface area contributed by atoms with E-state index in [2.05, 4.69) is 9.69 Å². The van der Waals surface area contributed by atoms with Gasteiger partial charge in [0.1, 0.15) is 9.90 Å². The van der Waals surface area contributed by atoms with Crippen LogP contribution in [0.1, 0.15) is 12.8 Å². The second kappa shape index (κ2) is 4.79. The Balaban J connectivity index is 2.10. The third kappa shape index (κ3) is 2.88. The van der Waals surface area contributed by atoms with E-state index in [9.17, 15) is 8.42 Å². The van der Waals surface area contributed by atoms with Gasteiger partial charge in [-0.25, -0.2) is 8.42 Å². The first-order valence-electron chi connectivity index (χ1n) is 5.29. The summed E-state index contributed by atoms with van der Waals surface area (Å²) in [4.78, 5) is 0.0977. The lowest BCUT2D eigenvalue weighted by Gasteiger charge is -2.11. The minimum absolute atomic E-state index is 0.0624. The van der Waals surface area contributed by atoms with Gasteiger partial charge >= 0.3 is 0 Å². The normalized spacial score (nSPS) is 20.6. The number of aromatic nitrogens is 1. The molecule has 0 aromatic carbocycles. The third-order valence-electron chi connectivity index (χ3n) is 2.56. The molecule has 1 aromatic rings. The molecular weight excluding hydrogens is 262 g/mol. The first kappa shape index (κ1) is 12.6. The fraction of sp³-hybridized carbons (Fsp3) is 0.667. The van der Waals surface area contributed by atoms with Crippen LogP contribution in [0.2, 0.25) is 0 Å². The van der Waals surface area contributed by atoms with Gasteiger partial charge in [0.25, 0.3) is 0 Å². The molecule has 0 amide bonds. The largest absolute Gasteiger partial charge is 0.382 e. The second-order valence-corrected chi connectivity index (χ2v) is 6.74. The van der Waals surface area contributed by atoms with Gasteiger partial charge < -0.3 is 15.8 Å². The van der Waals surface area contributed by atoms with Crippen LogP contribution in [-0.4, -0.2) is 38.3 Å². The van der Waals surface area contributed by atoms with Gasteiger partial charge in [-0.3, -0.25) is 0 Å². The van der Waals surface area contributed by atoms with Crippen molar-refractivity contribution in [2.75, 3.05) is 30.5 Å². The van der Waals surface area contributed by atoms with Crippen LogP contribution in [-0.2, 0) is 14.6 Å². The molecule has 1 unspecified atom stereocenters. The quantitative estimate of drug-likeness (QED) is 0.842. The maximum absolute atomic E-state index is 11.5. The van der Waals surface area contributed by atoms with Gasteiger partial charge in [-0.2, -0.15) is 4.37 Å². The maximum atomic E-state index is 11.5. The SMILES string of the molecule is CS(=O)(=O)c1c(N)nsc1NCC1CCCO1. The molecular formula is C9H15N3O3S2. The number of nitrogen functional groups attached to an aromatic ring is 1. The molecule has 0 aliphatic carbocycles. The zero-order chi connectivity index (χ0) is 12.5. The molecule has 1 aliphatic heterocycles. The highest BCUT2D eigenvalue weighted by Crippen LogP contribution is 2.31. The van der Waals surface area contributed by atoms with Crippen molar-refractivity contribution in [3.05, 3.63) is 0 Å². The lowest BCUT2D eigenvalue weighted by Crippen LogP contribution is -2.18. The Morgan fingerprint density at radius 2 is 2.41 bits per heavy atom. The van der Waals surface area contributed by atoms with Crippen molar-refractivity contribution in [2.24, 2.45) is 0 Å². The standard InChI is InChI=1S/C9H15N3O3S2/c1-17(13,14)7-8(10)12-16-9(7)11-5-6-3-2-4-15-6/h6,11H,2-5H2,1H3,(H2,10,12). The summed E-state index contributed by atoms with van der Waals surface area (Å²) in [6.07, 6.45) is 3.32. The Morgan fingerprint density at radius 1 is 1.65 bits per heavy atom. The number of nitrogens with one attached hydrogen (secondary N) is 1. The van der Waals surface area contributed by atoms with Gasteiger partial charge in [-0.1, -0.05) is 0 Å². The third-order valence-corrected chi connectivity index (χ3v) is 4.66. The molecule has 0 spiro atoms. The van der Waals surface area contributed by atoms with Crippen molar-refractivity contribution < 1.29 is 13.2 Å². The Labute approximate surface area is 104 Å². The summed E-state index contributed by atoms with van der Waals surface area (Å²) < 4.78 is 32.4. The summed E-state index contributed by atoms with van der Waals surface area (Å²) in [7, 11) is -3.35. The highest BCUT2D eigenvalue weighted by Gasteiger charge is 2.22. The molecule has 96 valence electrons. The number of nitrogens with two attached hydrogens (primary N) is 1. The van der Waals surface area contributed by atoms with Gasteiger partial charge in [0.05, 0.1) is 6.10 Å². The van der Waals surface area contributed by atoms with Crippen LogP contribution in [0.15, 0.2) is 4.90 Å². The second-order valence-electron chi connectivity index (χ2n) is 4.01. The van der Waals surface area contributed by atoms with E-state index in [0.29, 0.717) is 11.5 Å². The zero-order valence-electron chi connectivity index (χ0n) is 9.47. The summed E-state index contributed by atoms with van der Waals surface area (Å²) in [5, 5.41) is 3.55. The Hall–Kier alpha value is -0.860. The van der Waals surface area contributed by atoms with E-state index in [4.69, 9.17) is 10.5 Å². The number of nitrogens with zero attached hydrogens (tertiary/aromatic N) is 1. The summed E-state index contributed by atoms with van der Waals surface area (Å²) in [5.41, 5.74) is 5.56. The molecule has 1 saturated heterocycles. The molecule has 1 aliphatic rings. The minimum Gasteiger partial charge on any atom is -0.382 e. The van der Waals surface area contributed by atoms with Gasteiger partial charge in [0.2, 0.25) is 0 Å². The lowest BCUT2D eigenvalue weighted by atomic mass is 10.2. The van der Waals surface area contributed by atoms with Crippen LogP contribution in [0.5, 0.6) is 0 Å². The summed E-state index contributed by atoms with van der Waals surface area (Å²) in [6, 6.07) is 0. The van der Waals surface area contributed by atoms with E-state index < -0.39 is 9.84 Å². The average Bonchev–Trinajstić information content (AvgIpc) is 2.82. The Kier molecular flexibility index (Phi) is 3.55. The first-order chi connectivity index (χ1) is 7.98. The fourth-order valence-corrected chi connectivity index (χ4v) is 3.85. The summed E-state index contributed by atoms with van der Waals surface area (Å²) >= 11 is 1.07. The van der Waals surface area contributed by atoms with Crippen LogP contribution in [0.25, 0.3) is 0 Å².